The molecule has 0 atom stereocenters. The van der Waals surface area contributed by atoms with Crippen LogP contribution in [0.15, 0.2) is 115 Å². The van der Waals surface area contributed by atoms with Gasteiger partial charge in [0.25, 0.3) is 0 Å². The lowest BCUT2D eigenvalue weighted by Crippen LogP contribution is -1.97. The molecule has 5 N–H and O–H groups in total. The summed E-state index contributed by atoms with van der Waals surface area (Å²) in [4.78, 5) is 53.0. The number of aldehydes is 1. The predicted octanol–water partition coefficient (Wildman–Crippen LogP) is 8.37. The van der Waals surface area contributed by atoms with Crippen LogP contribution in [0.4, 0.5) is 0 Å². The summed E-state index contributed by atoms with van der Waals surface area (Å²) in [6.07, 6.45) is 11.9. The van der Waals surface area contributed by atoms with Gasteiger partial charge in [-0.3, -0.25) is 24.0 Å². The minimum Gasteiger partial charge on any atom is -0.508 e. The van der Waals surface area contributed by atoms with E-state index < -0.39 is 0 Å². The SMILES string of the molecule is CC(=O)CC(C)=O.COc1cc(/C=C/C(=O)C=C(O)/C=C/c2ccc(OC)c(OC)c2)ccc1O.COc1cc(/C=C/C(O)=C/C(C)=O)ccc1O.COc1cc(C=O)ccc1O. The van der Waals surface area contributed by atoms with Crippen molar-refractivity contribution < 1.29 is 73.2 Å². The van der Waals surface area contributed by atoms with Gasteiger partial charge in [0, 0.05) is 17.7 Å². The molecule has 4 aromatic rings. The van der Waals surface area contributed by atoms with Gasteiger partial charge in [-0.1, -0.05) is 36.4 Å². The molecule has 0 unspecified atom stereocenters. The van der Waals surface area contributed by atoms with E-state index in [0.717, 1.165) is 23.3 Å². The van der Waals surface area contributed by atoms with Crippen LogP contribution in [0.25, 0.3) is 18.2 Å². The van der Waals surface area contributed by atoms with Crippen LogP contribution in [0, 0.1) is 0 Å². The van der Waals surface area contributed by atoms with Crippen LogP contribution in [0.2, 0.25) is 0 Å². The molecule has 0 aromatic heterocycles. The molecule has 63 heavy (non-hydrogen) atoms. The molecule has 0 aliphatic heterocycles. The Morgan fingerprint density at radius 2 is 0.825 bits per heavy atom. The number of ether oxygens (including phenoxy) is 5. The van der Waals surface area contributed by atoms with Crippen LogP contribution in [0.1, 0.15) is 54.2 Å². The highest BCUT2D eigenvalue weighted by Crippen LogP contribution is 2.29. The second kappa shape index (κ2) is 28.4. The third-order valence-corrected chi connectivity index (χ3v) is 7.63. The van der Waals surface area contributed by atoms with Crippen LogP contribution in [-0.4, -0.2) is 90.5 Å². The third kappa shape index (κ3) is 21.1. The number of phenolic OH excluding ortho intramolecular Hbond substituents is 3. The van der Waals surface area contributed by atoms with Gasteiger partial charge in [0.1, 0.15) is 29.4 Å². The number of benzene rings is 4. The maximum absolute atomic E-state index is 12.0. The zero-order valence-corrected chi connectivity index (χ0v) is 36.2. The molecular weight excluding hydrogens is 817 g/mol. The van der Waals surface area contributed by atoms with E-state index in [1.165, 1.54) is 97.8 Å². The number of phenols is 3. The lowest BCUT2D eigenvalue weighted by molar-refractivity contribution is -0.124. The lowest BCUT2D eigenvalue weighted by atomic mass is 10.1. The normalized spacial score (nSPS) is 10.9. The van der Waals surface area contributed by atoms with Crippen LogP contribution in [0.5, 0.6) is 46.0 Å². The molecule has 15 nitrogen and oxygen atoms in total. The largest absolute Gasteiger partial charge is 0.508 e. The minimum absolute atomic E-state index is 0.0174. The predicted molar refractivity (Wildman–Crippen MR) is 239 cm³/mol. The average Bonchev–Trinajstić information content (AvgIpc) is 3.25. The number of carbonyl (C=O) groups is 5. The fourth-order valence-corrected chi connectivity index (χ4v) is 4.71. The Morgan fingerprint density at radius 1 is 0.476 bits per heavy atom. The molecule has 0 spiro atoms. The molecule has 0 heterocycles. The van der Waals surface area contributed by atoms with E-state index in [2.05, 4.69) is 0 Å². The van der Waals surface area contributed by atoms with Gasteiger partial charge in [0.15, 0.2) is 57.6 Å². The van der Waals surface area contributed by atoms with Crippen molar-refractivity contribution in [2.75, 3.05) is 35.5 Å². The topological polar surface area (TPSA) is 233 Å². The summed E-state index contributed by atoms with van der Waals surface area (Å²) in [7, 11) is 7.42. The monoisotopic (exact) mass is 868 g/mol. The number of Topliss-reactive ketones (excluding diaryl/α,β-unsaturated/α-hetero) is 2. The minimum atomic E-state index is -0.387. The van der Waals surface area contributed by atoms with Gasteiger partial charge in [0.05, 0.1) is 42.0 Å². The second-order valence-electron chi connectivity index (χ2n) is 12.8. The molecule has 0 amide bonds. The number of allylic oxidation sites excluding steroid dienone is 5. The van der Waals surface area contributed by atoms with Gasteiger partial charge < -0.3 is 49.2 Å². The summed E-state index contributed by atoms with van der Waals surface area (Å²) in [5, 5.41) is 47.3. The molecule has 0 saturated heterocycles. The Hall–Kier alpha value is -8.07. The van der Waals surface area contributed by atoms with Crippen molar-refractivity contribution in [1.29, 1.82) is 0 Å². The zero-order chi connectivity index (χ0) is 47.5. The van der Waals surface area contributed by atoms with Gasteiger partial charge in [0.2, 0.25) is 0 Å². The van der Waals surface area contributed by atoms with Crippen molar-refractivity contribution in [3.05, 3.63) is 137 Å². The van der Waals surface area contributed by atoms with Gasteiger partial charge >= 0.3 is 0 Å². The van der Waals surface area contributed by atoms with E-state index in [1.54, 1.807) is 67.8 Å². The number of carbonyl (C=O) groups excluding carboxylic acids is 5. The quantitative estimate of drug-likeness (QED) is 0.0234. The number of aliphatic hydroxyl groups is 2. The molecule has 0 bridgehead atoms. The third-order valence-electron chi connectivity index (χ3n) is 7.63. The number of hydrogen-bond donors (Lipinski definition) is 5. The first-order valence-corrected chi connectivity index (χ1v) is 18.6. The molecule has 334 valence electrons. The molecule has 0 radical (unpaired) electrons. The molecule has 4 rings (SSSR count). The van der Waals surface area contributed by atoms with E-state index in [4.69, 9.17) is 28.8 Å². The summed E-state index contributed by atoms with van der Waals surface area (Å²) >= 11 is 0. The van der Waals surface area contributed by atoms with Crippen LogP contribution in [0.3, 0.4) is 0 Å². The highest BCUT2D eigenvalue weighted by atomic mass is 16.5. The van der Waals surface area contributed by atoms with E-state index in [1.807, 2.05) is 0 Å². The van der Waals surface area contributed by atoms with Crippen molar-refractivity contribution in [3.63, 3.8) is 0 Å². The summed E-state index contributed by atoms with van der Waals surface area (Å²) in [5.41, 5.74) is 2.68. The Labute approximate surface area is 365 Å². The number of aliphatic hydroxyl groups excluding tert-OH is 2. The van der Waals surface area contributed by atoms with Crippen LogP contribution < -0.4 is 23.7 Å². The summed E-state index contributed by atoms with van der Waals surface area (Å²) < 4.78 is 25.1. The number of rotatable bonds is 16. The Balaban J connectivity index is 0.000000478. The summed E-state index contributed by atoms with van der Waals surface area (Å²) in [5.74, 6) is 1.20. The zero-order valence-electron chi connectivity index (χ0n) is 36.2. The highest BCUT2D eigenvalue weighted by molar-refractivity contribution is 6.02. The Kier molecular flexibility index (Phi) is 23.9. The molecule has 0 fully saturated rings. The van der Waals surface area contributed by atoms with Gasteiger partial charge in [-0.25, -0.2) is 0 Å². The van der Waals surface area contributed by atoms with Gasteiger partial charge in [-0.05, 0) is 110 Å². The molecule has 0 aliphatic carbocycles. The highest BCUT2D eigenvalue weighted by Gasteiger charge is 2.05. The molecule has 15 heteroatoms. The fraction of sp³-hybridized carbons (Fsp3) is 0.188. The maximum Gasteiger partial charge on any atom is 0.182 e. The van der Waals surface area contributed by atoms with Crippen molar-refractivity contribution in [2.45, 2.75) is 27.2 Å². The van der Waals surface area contributed by atoms with Crippen LogP contribution >= 0.6 is 0 Å². The average molecular weight is 869 g/mol. The van der Waals surface area contributed by atoms with Crippen molar-refractivity contribution in [3.8, 4) is 46.0 Å². The first kappa shape index (κ1) is 52.9. The molecular formula is C48H52O15. The number of aromatic hydroxyl groups is 3. The number of ketones is 4. The van der Waals surface area contributed by atoms with E-state index in [0.29, 0.717) is 46.2 Å². The van der Waals surface area contributed by atoms with Gasteiger partial charge in [-0.2, -0.15) is 0 Å². The smallest absolute Gasteiger partial charge is 0.182 e. The molecule has 0 aliphatic rings. The molecule has 4 aromatic carbocycles. The van der Waals surface area contributed by atoms with Crippen molar-refractivity contribution in [1.82, 2.24) is 0 Å². The first-order valence-electron chi connectivity index (χ1n) is 18.6. The second-order valence-corrected chi connectivity index (χ2v) is 12.8. The first-order chi connectivity index (χ1) is 29.9. The van der Waals surface area contributed by atoms with Crippen molar-refractivity contribution >= 4 is 47.6 Å². The summed E-state index contributed by atoms with van der Waals surface area (Å²) in [6.45, 7) is 4.16. The van der Waals surface area contributed by atoms with Gasteiger partial charge in [-0.15, -0.1) is 0 Å². The van der Waals surface area contributed by atoms with Crippen LogP contribution in [-0.2, 0) is 19.2 Å². The van der Waals surface area contributed by atoms with E-state index in [-0.39, 0.29) is 58.3 Å². The maximum atomic E-state index is 12.0. The Bertz CT molecular complexity index is 2320. The number of methoxy groups -OCH3 is 5. The lowest BCUT2D eigenvalue weighted by Gasteiger charge is -2.07. The summed E-state index contributed by atoms with van der Waals surface area (Å²) in [6, 6.07) is 19.2. The van der Waals surface area contributed by atoms with E-state index in [9.17, 15) is 44.4 Å². The van der Waals surface area contributed by atoms with Crippen molar-refractivity contribution in [2.24, 2.45) is 0 Å². The number of hydrogen-bond acceptors (Lipinski definition) is 15. The standard InChI is InChI=1S/C22H22O6.C13H14O4.C8H8O3.C5H8O2/c1-26-20-11-7-16(13-22(20)28-3)5-9-18(24)14-17(23)8-4-15-6-10-19(25)21(12-15)27-2;1-9(14)7-11(15)5-3-10-4-6-12(16)13(8-10)17-2;1-11-8-4-6(5-9)2-3-7(8)10;1-4(6)3-5(2)7/h4-14,24-25H,1-3H3;3-8,15-16H,1-2H3;2-5,10H,1H3;3H2,1-2H3/b8-4+,9-5+,18-14?;5-3+,11-7-;;. The fourth-order valence-electron chi connectivity index (χ4n) is 4.71. The van der Waals surface area contributed by atoms with E-state index >= 15 is 0 Å². The molecule has 0 saturated carbocycles. The Morgan fingerprint density at radius 3 is 1.19 bits per heavy atom.